The first-order chi connectivity index (χ1) is 14.6. The van der Waals surface area contributed by atoms with Gasteiger partial charge in [0.25, 0.3) is 5.91 Å². The summed E-state index contributed by atoms with van der Waals surface area (Å²) in [5.41, 5.74) is 7.33. The van der Waals surface area contributed by atoms with Gasteiger partial charge in [-0.05, 0) is 36.4 Å². The Balaban J connectivity index is 0.00000231. The smallest absolute Gasteiger partial charge is 0.269 e. The standard InChI is InChI=1S/C21H21FN6O2.ClH/c22-16-3-1-2-4-17(16)30-15-7-5-13(6-8-15)28-19(20(23)29)18-21(26-28)27(10-9-25-18)14-11-24-12-14;/h1-8,14,24-25H,9-12H2,(H2,23,29);1H. The summed E-state index contributed by atoms with van der Waals surface area (Å²) in [5.74, 6) is 0.354. The van der Waals surface area contributed by atoms with E-state index in [9.17, 15) is 9.18 Å². The van der Waals surface area contributed by atoms with E-state index in [0.29, 0.717) is 35.4 Å². The van der Waals surface area contributed by atoms with E-state index in [1.807, 2.05) is 0 Å². The van der Waals surface area contributed by atoms with Crippen molar-refractivity contribution in [1.29, 1.82) is 0 Å². The number of halogens is 2. The number of hydrogen-bond acceptors (Lipinski definition) is 6. The molecule has 162 valence electrons. The van der Waals surface area contributed by atoms with Crippen LogP contribution >= 0.6 is 12.4 Å². The summed E-state index contributed by atoms with van der Waals surface area (Å²) in [7, 11) is 0. The molecule has 0 radical (unpaired) electrons. The summed E-state index contributed by atoms with van der Waals surface area (Å²) in [5, 5.41) is 11.2. The second-order valence-corrected chi connectivity index (χ2v) is 7.28. The van der Waals surface area contributed by atoms with Crippen LogP contribution in [0.4, 0.5) is 15.9 Å². The minimum Gasteiger partial charge on any atom is -0.454 e. The molecule has 10 heteroatoms. The number of amides is 1. The van der Waals surface area contributed by atoms with Gasteiger partial charge in [0, 0.05) is 26.2 Å². The summed E-state index contributed by atoms with van der Waals surface area (Å²) in [6.45, 7) is 3.30. The maximum Gasteiger partial charge on any atom is 0.269 e. The Labute approximate surface area is 184 Å². The third kappa shape index (κ3) is 3.77. The van der Waals surface area contributed by atoms with Crippen molar-refractivity contribution in [2.75, 3.05) is 36.4 Å². The van der Waals surface area contributed by atoms with E-state index in [1.54, 1.807) is 47.1 Å². The zero-order valence-electron chi connectivity index (χ0n) is 16.5. The molecule has 3 heterocycles. The average Bonchev–Trinajstić information content (AvgIpc) is 3.10. The summed E-state index contributed by atoms with van der Waals surface area (Å²) in [4.78, 5) is 14.5. The Morgan fingerprint density at radius 2 is 1.90 bits per heavy atom. The number of anilines is 2. The SMILES string of the molecule is Cl.NC(=O)c1c2c(nn1-c1ccc(Oc3ccccc3F)cc1)N(C1CNC1)CCN2. The largest absolute Gasteiger partial charge is 0.454 e. The van der Waals surface area contributed by atoms with Crippen LogP contribution in [0.25, 0.3) is 5.69 Å². The van der Waals surface area contributed by atoms with E-state index in [0.717, 1.165) is 25.5 Å². The van der Waals surface area contributed by atoms with Crippen LogP contribution < -0.4 is 26.0 Å². The molecule has 0 bridgehead atoms. The molecule has 5 rings (SSSR count). The van der Waals surface area contributed by atoms with Crippen molar-refractivity contribution >= 4 is 29.8 Å². The predicted molar refractivity (Wildman–Crippen MR) is 118 cm³/mol. The van der Waals surface area contributed by atoms with Crippen molar-refractivity contribution in [3.05, 3.63) is 60.0 Å². The summed E-state index contributed by atoms with van der Waals surface area (Å²) in [6, 6.07) is 13.5. The molecule has 0 atom stereocenters. The fourth-order valence-corrected chi connectivity index (χ4v) is 3.75. The van der Waals surface area contributed by atoms with Gasteiger partial charge in [-0.2, -0.15) is 0 Å². The highest BCUT2D eigenvalue weighted by atomic mass is 35.5. The second kappa shape index (κ2) is 8.44. The number of nitrogens with one attached hydrogen (secondary N) is 2. The predicted octanol–water partition coefficient (Wildman–Crippen LogP) is 2.53. The van der Waals surface area contributed by atoms with Crippen molar-refractivity contribution in [2.24, 2.45) is 5.73 Å². The fourth-order valence-electron chi connectivity index (χ4n) is 3.75. The van der Waals surface area contributed by atoms with Gasteiger partial charge in [-0.25, -0.2) is 9.07 Å². The highest BCUT2D eigenvalue weighted by Gasteiger charge is 2.34. The molecule has 1 amide bonds. The number of hydrogen-bond donors (Lipinski definition) is 3. The fraction of sp³-hybridized carbons (Fsp3) is 0.238. The molecule has 3 aromatic rings. The van der Waals surface area contributed by atoms with Crippen molar-refractivity contribution in [1.82, 2.24) is 15.1 Å². The van der Waals surface area contributed by atoms with E-state index in [2.05, 4.69) is 15.5 Å². The molecular weight excluding hydrogens is 423 g/mol. The number of carbonyl (C=O) groups is 1. The number of para-hydroxylation sites is 1. The minimum absolute atomic E-state index is 0. The maximum absolute atomic E-state index is 13.8. The van der Waals surface area contributed by atoms with Crippen LogP contribution in [0, 0.1) is 5.82 Å². The third-order valence-electron chi connectivity index (χ3n) is 5.37. The number of nitrogens with zero attached hydrogens (tertiary/aromatic N) is 3. The second-order valence-electron chi connectivity index (χ2n) is 7.28. The van der Waals surface area contributed by atoms with Crippen LogP contribution in [0.15, 0.2) is 48.5 Å². The molecule has 8 nitrogen and oxygen atoms in total. The van der Waals surface area contributed by atoms with Gasteiger partial charge in [-0.15, -0.1) is 17.5 Å². The molecule has 1 aromatic heterocycles. The highest BCUT2D eigenvalue weighted by molar-refractivity contribution is 6.00. The number of benzene rings is 2. The number of ether oxygens (including phenoxy) is 1. The van der Waals surface area contributed by atoms with Crippen LogP contribution in [0.3, 0.4) is 0 Å². The Morgan fingerprint density at radius 3 is 2.55 bits per heavy atom. The molecule has 1 fully saturated rings. The summed E-state index contributed by atoms with van der Waals surface area (Å²) >= 11 is 0. The Hall–Kier alpha value is -3.30. The minimum atomic E-state index is -0.559. The monoisotopic (exact) mass is 444 g/mol. The van der Waals surface area contributed by atoms with Crippen LogP contribution in [0.2, 0.25) is 0 Å². The lowest BCUT2D eigenvalue weighted by molar-refractivity contribution is 0.0993. The van der Waals surface area contributed by atoms with E-state index in [1.165, 1.54) is 6.07 Å². The van der Waals surface area contributed by atoms with Crippen LogP contribution in [-0.4, -0.2) is 47.9 Å². The van der Waals surface area contributed by atoms with E-state index in [-0.39, 0.29) is 18.2 Å². The average molecular weight is 445 g/mol. The summed E-state index contributed by atoms with van der Waals surface area (Å²) in [6.07, 6.45) is 0. The van der Waals surface area contributed by atoms with Gasteiger partial charge in [-0.3, -0.25) is 4.79 Å². The molecule has 0 aliphatic carbocycles. The van der Waals surface area contributed by atoms with E-state index < -0.39 is 11.7 Å². The third-order valence-corrected chi connectivity index (χ3v) is 5.37. The first-order valence-electron chi connectivity index (χ1n) is 9.78. The first-order valence-corrected chi connectivity index (χ1v) is 9.78. The Bertz CT molecular complexity index is 1100. The number of carbonyl (C=O) groups excluding carboxylic acids is 1. The van der Waals surface area contributed by atoms with Crippen molar-refractivity contribution < 1.29 is 13.9 Å². The van der Waals surface area contributed by atoms with Crippen molar-refractivity contribution in [3.8, 4) is 17.2 Å². The van der Waals surface area contributed by atoms with Gasteiger partial charge in [0.2, 0.25) is 0 Å². The molecular formula is C21H22ClFN6O2. The van der Waals surface area contributed by atoms with Crippen LogP contribution in [0.1, 0.15) is 10.5 Å². The molecule has 4 N–H and O–H groups in total. The summed E-state index contributed by atoms with van der Waals surface area (Å²) < 4.78 is 21.0. The molecule has 0 unspecified atom stereocenters. The lowest BCUT2D eigenvalue weighted by atomic mass is 10.1. The number of primary amides is 1. The lowest BCUT2D eigenvalue weighted by Gasteiger charge is -2.40. The zero-order chi connectivity index (χ0) is 20.7. The van der Waals surface area contributed by atoms with Gasteiger partial charge in [0.1, 0.15) is 11.4 Å². The van der Waals surface area contributed by atoms with Gasteiger partial charge >= 0.3 is 0 Å². The quantitative estimate of drug-likeness (QED) is 0.559. The van der Waals surface area contributed by atoms with Crippen LogP contribution in [0.5, 0.6) is 11.5 Å². The van der Waals surface area contributed by atoms with Crippen molar-refractivity contribution in [3.63, 3.8) is 0 Å². The Kier molecular flexibility index (Phi) is 5.71. The normalized spacial score (nSPS) is 15.3. The Morgan fingerprint density at radius 1 is 1.16 bits per heavy atom. The van der Waals surface area contributed by atoms with Gasteiger partial charge < -0.3 is 26.0 Å². The lowest BCUT2D eigenvalue weighted by Crippen LogP contribution is -2.59. The van der Waals surface area contributed by atoms with Gasteiger partial charge in [0.05, 0.1) is 11.7 Å². The maximum atomic E-state index is 13.8. The molecule has 2 aliphatic rings. The number of nitrogens with two attached hydrogens (primary N) is 1. The first kappa shape index (κ1) is 21.0. The number of fused-ring (bicyclic) bond motifs is 1. The van der Waals surface area contributed by atoms with Crippen molar-refractivity contribution in [2.45, 2.75) is 6.04 Å². The zero-order valence-corrected chi connectivity index (χ0v) is 17.4. The molecule has 2 aliphatic heterocycles. The van der Waals surface area contributed by atoms with E-state index >= 15 is 0 Å². The highest BCUT2D eigenvalue weighted by Crippen LogP contribution is 2.35. The van der Waals surface area contributed by atoms with Crippen LogP contribution in [-0.2, 0) is 0 Å². The number of aromatic nitrogens is 2. The molecule has 2 aromatic carbocycles. The van der Waals surface area contributed by atoms with E-state index in [4.69, 9.17) is 15.6 Å². The van der Waals surface area contributed by atoms with Gasteiger partial charge in [0.15, 0.2) is 23.1 Å². The number of rotatable bonds is 5. The van der Waals surface area contributed by atoms with Gasteiger partial charge in [-0.1, -0.05) is 12.1 Å². The molecule has 31 heavy (non-hydrogen) atoms. The molecule has 0 saturated carbocycles. The molecule has 0 spiro atoms. The topological polar surface area (TPSA) is 97.4 Å². The molecule has 1 saturated heterocycles.